The van der Waals surface area contributed by atoms with Crippen molar-refractivity contribution in [1.29, 1.82) is 0 Å². The fourth-order valence-corrected chi connectivity index (χ4v) is 4.29. The fraction of sp³-hybridized carbons (Fsp3) is 0.280. The number of aromatic hydroxyl groups is 1. The van der Waals surface area contributed by atoms with Crippen molar-refractivity contribution in [3.8, 4) is 28.1 Å². The van der Waals surface area contributed by atoms with Crippen molar-refractivity contribution < 1.29 is 5.11 Å². The highest BCUT2D eigenvalue weighted by Crippen LogP contribution is 2.33. The Kier molecular flexibility index (Phi) is 5.18. The monoisotopic (exact) mass is 413 g/mol. The number of H-pyrrole nitrogens is 1. The number of piperazine rings is 1. The molecule has 4 aromatic rings. The van der Waals surface area contributed by atoms with Crippen molar-refractivity contribution in [2.75, 3.05) is 33.2 Å². The molecule has 0 aliphatic carbocycles. The molecule has 4 heterocycles. The molecule has 5 rings (SSSR count). The van der Waals surface area contributed by atoms with Crippen LogP contribution in [-0.4, -0.2) is 63.1 Å². The molecule has 6 nitrogen and oxygen atoms in total. The van der Waals surface area contributed by atoms with Crippen LogP contribution in [0, 0.1) is 6.92 Å². The summed E-state index contributed by atoms with van der Waals surface area (Å²) in [6.07, 6.45) is 3.39. The van der Waals surface area contributed by atoms with Gasteiger partial charge in [0.05, 0.1) is 11.9 Å². The number of fused-ring (bicyclic) bond motifs is 1. The Hall–Kier alpha value is -3.22. The van der Waals surface area contributed by atoms with Gasteiger partial charge in [-0.1, -0.05) is 24.3 Å². The molecule has 0 radical (unpaired) electrons. The summed E-state index contributed by atoms with van der Waals surface area (Å²) in [7, 11) is 2.19. The maximum atomic E-state index is 9.58. The minimum Gasteiger partial charge on any atom is -0.506 e. The van der Waals surface area contributed by atoms with Crippen molar-refractivity contribution in [3.63, 3.8) is 0 Å². The first-order chi connectivity index (χ1) is 15.1. The summed E-state index contributed by atoms with van der Waals surface area (Å²) in [6, 6.07) is 14.5. The van der Waals surface area contributed by atoms with E-state index >= 15 is 0 Å². The van der Waals surface area contributed by atoms with Crippen LogP contribution < -0.4 is 0 Å². The van der Waals surface area contributed by atoms with Gasteiger partial charge >= 0.3 is 0 Å². The van der Waals surface area contributed by atoms with Gasteiger partial charge in [0.2, 0.25) is 0 Å². The topological polar surface area (TPSA) is 68.3 Å². The molecule has 1 aliphatic rings. The lowest BCUT2D eigenvalue weighted by molar-refractivity contribution is 0.148. The third kappa shape index (κ3) is 4.04. The largest absolute Gasteiger partial charge is 0.506 e. The normalized spacial score (nSPS) is 15.5. The van der Waals surface area contributed by atoms with E-state index in [1.165, 1.54) is 11.8 Å². The van der Waals surface area contributed by atoms with Crippen molar-refractivity contribution >= 4 is 11.0 Å². The Morgan fingerprint density at radius 2 is 1.71 bits per heavy atom. The molecule has 0 saturated carbocycles. The number of nitrogens with one attached hydrogen (secondary N) is 1. The second-order valence-electron chi connectivity index (χ2n) is 8.42. The summed E-state index contributed by atoms with van der Waals surface area (Å²) >= 11 is 0. The Morgan fingerprint density at radius 1 is 0.935 bits per heavy atom. The van der Waals surface area contributed by atoms with Gasteiger partial charge in [-0.2, -0.15) is 0 Å². The average Bonchev–Trinajstić information content (AvgIpc) is 3.11. The summed E-state index contributed by atoms with van der Waals surface area (Å²) < 4.78 is 0. The quantitative estimate of drug-likeness (QED) is 0.528. The van der Waals surface area contributed by atoms with Crippen LogP contribution in [0.15, 0.2) is 54.9 Å². The molecule has 0 bridgehead atoms. The standard InChI is InChI=1S/C25H27N5O/c1-17-24(23-8-7-21(31)15-26-23)22-13-20(14-27-25(22)28-17)19-5-3-18(4-6-19)16-30-11-9-29(2)10-12-30/h3-8,13-15,31H,9-12,16H2,1-2H3,(H,27,28). The number of likely N-dealkylation sites (N-methyl/N-ethyl adjacent to an activating group) is 1. The molecule has 0 amide bonds. The van der Waals surface area contributed by atoms with E-state index in [0.717, 1.165) is 71.8 Å². The third-order valence-corrected chi connectivity index (χ3v) is 6.13. The number of benzene rings is 1. The van der Waals surface area contributed by atoms with Crippen LogP contribution in [0.25, 0.3) is 33.4 Å². The van der Waals surface area contributed by atoms with E-state index in [2.05, 4.69) is 62.1 Å². The number of pyridine rings is 2. The first-order valence-corrected chi connectivity index (χ1v) is 10.7. The number of aromatic nitrogens is 3. The van der Waals surface area contributed by atoms with Crippen LogP contribution in [0.1, 0.15) is 11.3 Å². The molecule has 158 valence electrons. The van der Waals surface area contributed by atoms with E-state index in [0.29, 0.717) is 0 Å². The van der Waals surface area contributed by atoms with Crippen molar-refractivity contribution in [2.24, 2.45) is 0 Å². The fourth-order valence-electron chi connectivity index (χ4n) is 4.29. The Morgan fingerprint density at radius 3 is 2.42 bits per heavy atom. The number of aromatic amines is 1. The minimum atomic E-state index is 0.164. The van der Waals surface area contributed by atoms with Gasteiger partial charge < -0.3 is 15.0 Å². The van der Waals surface area contributed by atoms with Gasteiger partial charge in [-0.05, 0) is 43.3 Å². The molecule has 1 aliphatic heterocycles. The summed E-state index contributed by atoms with van der Waals surface area (Å²) in [4.78, 5) is 17.3. The first kappa shape index (κ1) is 19.7. The SMILES string of the molecule is Cc1[nH]c2ncc(-c3ccc(CN4CCN(C)CC4)cc3)cc2c1-c1ccc(O)cn1. The number of aryl methyl sites for hydroxylation is 1. The predicted molar refractivity (Wildman–Crippen MR) is 124 cm³/mol. The van der Waals surface area contributed by atoms with Crippen molar-refractivity contribution in [3.05, 3.63) is 66.1 Å². The van der Waals surface area contributed by atoms with Crippen LogP contribution in [0.2, 0.25) is 0 Å². The highest BCUT2D eigenvalue weighted by Gasteiger charge is 2.15. The number of nitrogens with zero attached hydrogens (tertiary/aromatic N) is 4. The third-order valence-electron chi connectivity index (χ3n) is 6.13. The van der Waals surface area contributed by atoms with Gasteiger partial charge in [0, 0.05) is 61.1 Å². The van der Waals surface area contributed by atoms with Gasteiger partial charge in [-0.25, -0.2) is 4.98 Å². The smallest absolute Gasteiger partial charge is 0.138 e. The van der Waals surface area contributed by atoms with Gasteiger partial charge in [0.15, 0.2) is 0 Å². The number of hydrogen-bond acceptors (Lipinski definition) is 5. The average molecular weight is 414 g/mol. The highest BCUT2D eigenvalue weighted by molar-refractivity contribution is 5.96. The van der Waals surface area contributed by atoms with Gasteiger partial charge in [-0.15, -0.1) is 0 Å². The number of hydrogen-bond donors (Lipinski definition) is 2. The van der Waals surface area contributed by atoms with E-state index < -0.39 is 0 Å². The van der Waals surface area contributed by atoms with Crippen molar-refractivity contribution in [2.45, 2.75) is 13.5 Å². The zero-order chi connectivity index (χ0) is 21.4. The molecule has 1 saturated heterocycles. The Bertz CT molecular complexity index is 1190. The molecule has 0 atom stereocenters. The second-order valence-corrected chi connectivity index (χ2v) is 8.42. The summed E-state index contributed by atoms with van der Waals surface area (Å²) in [5.41, 5.74) is 7.28. The molecule has 1 fully saturated rings. The lowest BCUT2D eigenvalue weighted by Crippen LogP contribution is -2.43. The highest BCUT2D eigenvalue weighted by atomic mass is 16.3. The second kappa shape index (κ2) is 8.13. The van der Waals surface area contributed by atoms with Gasteiger partial charge in [0.1, 0.15) is 11.4 Å². The molecule has 2 N–H and O–H groups in total. The zero-order valence-electron chi connectivity index (χ0n) is 18.0. The Balaban J connectivity index is 1.42. The van der Waals surface area contributed by atoms with Crippen LogP contribution >= 0.6 is 0 Å². The maximum absolute atomic E-state index is 9.58. The predicted octanol–water partition coefficient (Wildman–Crippen LogP) is 4.05. The summed E-state index contributed by atoms with van der Waals surface area (Å²) in [6.45, 7) is 7.55. The van der Waals surface area contributed by atoms with Crippen LogP contribution in [0.3, 0.4) is 0 Å². The van der Waals surface area contributed by atoms with Crippen LogP contribution in [-0.2, 0) is 6.54 Å². The van der Waals surface area contributed by atoms with E-state index in [1.54, 1.807) is 6.07 Å². The molecular formula is C25H27N5O. The van der Waals surface area contributed by atoms with Crippen molar-refractivity contribution in [1.82, 2.24) is 24.8 Å². The lowest BCUT2D eigenvalue weighted by atomic mass is 10.0. The van der Waals surface area contributed by atoms with Crippen LogP contribution in [0.5, 0.6) is 5.75 Å². The summed E-state index contributed by atoms with van der Waals surface area (Å²) in [5.74, 6) is 0.164. The molecule has 0 unspecified atom stereocenters. The number of rotatable bonds is 4. The molecule has 6 heteroatoms. The van der Waals surface area contributed by atoms with E-state index in [4.69, 9.17) is 0 Å². The first-order valence-electron chi connectivity index (χ1n) is 10.7. The van der Waals surface area contributed by atoms with Gasteiger partial charge in [0.25, 0.3) is 0 Å². The lowest BCUT2D eigenvalue weighted by Gasteiger charge is -2.32. The molecule has 1 aromatic carbocycles. The van der Waals surface area contributed by atoms with E-state index in [9.17, 15) is 5.11 Å². The molecule has 31 heavy (non-hydrogen) atoms. The molecule has 0 spiro atoms. The van der Waals surface area contributed by atoms with Gasteiger partial charge in [-0.3, -0.25) is 9.88 Å². The van der Waals surface area contributed by atoms with E-state index in [-0.39, 0.29) is 5.75 Å². The van der Waals surface area contributed by atoms with E-state index in [1.807, 2.05) is 19.2 Å². The minimum absolute atomic E-state index is 0.164. The van der Waals surface area contributed by atoms with Crippen LogP contribution in [0.4, 0.5) is 0 Å². The maximum Gasteiger partial charge on any atom is 0.138 e. The summed E-state index contributed by atoms with van der Waals surface area (Å²) in [5, 5.41) is 10.6. The molecular weight excluding hydrogens is 386 g/mol. The Labute approximate surface area is 182 Å². The zero-order valence-corrected chi connectivity index (χ0v) is 18.0. The molecule has 3 aromatic heterocycles.